The number of para-hydroxylation sites is 1. The van der Waals surface area contributed by atoms with Gasteiger partial charge in [-0.15, -0.1) is 0 Å². The summed E-state index contributed by atoms with van der Waals surface area (Å²) in [5.74, 6) is 0. The third kappa shape index (κ3) is 1.64. The fraction of sp³-hybridized carbons (Fsp3) is 0.167. The molecular formula is C12H13N. The van der Waals surface area contributed by atoms with Gasteiger partial charge in [0.15, 0.2) is 0 Å². The van der Waals surface area contributed by atoms with Gasteiger partial charge in [0, 0.05) is 18.8 Å². The average Bonchev–Trinajstić information content (AvgIpc) is 2.67. The Morgan fingerprint density at radius 1 is 1.23 bits per heavy atom. The normalized spacial score (nSPS) is 15.7. The topological polar surface area (TPSA) is 3.24 Å². The predicted molar refractivity (Wildman–Crippen MR) is 56.9 cm³/mol. The zero-order valence-electron chi connectivity index (χ0n) is 7.61. The molecule has 0 saturated heterocycles. The predicted octanol–water partition coefficient (Wildman–Crippen LogP) is 2.62. The molecule has 0 fully saturated rings. The van der Waals surface area contributed by atoms with Crippen molar-refractivity contribution in [2.45, 2.75) is 0 Å². The molecule has 1 heterocycles. The van der Waals surface area contributed by atoms with Crippen molar-refractivity contribution in [1.82, 2.24) is 0 Å². The van der Waals surface area contributed by atoms with Crippen LogP contribution in [-0.2, 0) is 0 Å². The van der Waals surface area contributed by atoms with E-state index in [1.54, 1.807) is 0 Å². The van der Waals surface area contributed by atoms with Crippen molar-refractivity contribution in [1.29, 1.82) is 0 Å². The second-order valence-corrected chi connectivity index (χ2v) is 3.20. The number of hydrogen-bond acceptors (Lipinski definition) is 1. The van der Waals surface area contributed by atoms with Crippen molar-refractivity contribution in [2.24, 2.45) is 0 Å². The minimum Gasteiger partial charge on any atom is -0.363 e. The summed E-state index contributed by atoms with van der Waals surface area (Å²) >= 11 is 0. The van der Waals surface area contributed by atoms with Crippen LogP contribution in [0, 0.1) is 0 Å². The van der Waals surface area contributed by atoms with Gasteiger partial charge >= 0.3 is 0 Å². The van der Waals surface area contributed by atoms with Crippen LogP contribution < -0.4 is 4.90 Å². The van der Waals surface area contributed by atoms with Gasteiger partial charge in [0.05, 0.1) is 0 Å². The van der Waals surface area contributed by atoms with Gasteiger partial charge < -0.3 is 4.90 Å². The Hall–Kier alpha value is -1.50. The van der Waals surface area contributed by atoms with Crippen molar-refractivity contribution < 1.29 is 0 Å². The Kier molecular flexibility index (Phi) is 2.17. The zero-order chi connectivity index (χ0) is 9.10. The first-order valence-electron chi connectivity index (χ1n) is 4.51. The molecule has 0 N–H and O–H groups in total. The van der Waals surface area contributed by atoms with Crippen LogP contribution in [0.3, 0.4) is 0 Å². The number of anilines is 1. The third-order valence-corrected chi connectivity index (χ3v) is 2.33. The van der Waals surface area contributed by atoms with E-state index in [1.165, 1.54) is 11.3 Å². The SMILES string of the molecule is C=CC1=CCN(c2ccccc2)C1. The number of benzene rings is 1. The lowest BCUT2D eigenvalue weighted by Gasteiger charge is -2.17. The molecule has 0 unspecified atom stereocenters. The molecule has 0 bridgehead atoms. The summed E-state index contributed by atoms with van der Waals surface area (Å²) in [5.41, 5.74) is 2.61. The van der Waals surface area contributed by atoms with E-state index >= 15 is 0 Å². The van der Waals surface area contributed by atoms with Crippen molar-refractivity contribution in [3.8, 4) is 0 Å². The molecule has 1 aromatic carbocycles. The summed E-state index contributed by atoms with van der Waals surface area (Å²) in [6.07, 6.45) is 4.16. The Labute approximate surface area is 79.0 Å². The van der Waals surface area contributed by atoms with Crippen LogP contribution >= 0.6 is 0 Å². The van der Waals surface area contributed by atoms with Crippen LogP contribution in [0.25, 0.3) is 0 Å². The Balaban J connectivity index is 2.11. The number of hydrogen-bond donors (Lipinski definition) is 0. The maximum atomic E-state index is 3.78. The molecule has 0 aromatic heterocycles. The minimum absolute atomic E-state index is 0.994. The number of rotatable bonds is 2. The summed E-state index contributed by atoms with van der Waals surface area (Å²) in [5, 5.41) is 0. The highest BCUT2D eigenvalue weighted by Gasteiger charge is 2.11. The molecule has 0 radical (unpaired) electrons. The first kappa shape index (κ1) is 8.11. The van der Waals surface area contributed by atoms with E-state index in [4.69, 9.17) is 0 Å². The summed E-state index contributed by atoms with van der Waals surface area (Å²) < 4.78 is 0. The Morgan fingerprint density at radius 2 is 2.00 bits per heavy atom. The van der Waals surface area contributed by atoms with E-state index in [1.807, 2.05) is 12.1 Å². The monoisotopic (exact) mass is 171 g/mol. The number of nitrogens with zero attached hydrogens (tertiary/aromatic N) is 1. The van der Waals surface area contributed by atoms with Crippen molar-refractivity contribution >= 4 is 5.69 Å². The highest BCUT2D eigenvalue weighted by atomic mass is 15.1. The maximum absolute atomic E-state index is 3.78. The highest BCUT2D eigenvalue weighted by Crippen LogP contribution is 2.19. The van der Waals surface area contributed by atoms with Crippen LogP contribution in [0.5, 0.6) is 0 Å². The van der Waals surface area contributed by atoms with Gasteiger partial charge in [-0.05, 0) is 17.7 Å². The van der Waals surface area contributed by atoms with Gasteiger partial charge in [0.25, 0.3) is 0 Å². The van der Waals surface area contributed by atoms with E-state index in [0.717, 1.165) is 13.1 Å². The van der Waals surface area contributed by atoms with E-state index in [0.29, 0.717) is 0 Å². The molecule has 0 spiro atoms. The first-order chi connectivity index (χ1) is 6.40. The summed E-state index contributed by atoms with van der Waals surface area (Å²) in [7, 11) is 0. The molecule has 1 nitrogen and oxygen atoms in total. The van der Waals surface area contributed by atoms with Gasteiger partial charge in [0.1, 0.15) is 0 Å². The van der Waals surface area contributed by atoms with Gasteiger partial charge in [-0.2, -0.15) is 0 Å². The Bertz CT molecular complexity index is 324. The maximum Gasteiger partial charge on any atom is 0.0430 e. The standard InChI is InChI=1S/C12H13N/c1-2-11-8-9-13(10-11)12-6-4-3-5-7-12/h2-8H,1,9-10H2. The van der Waals surface area contributed by atoms with Gasteiger partial charge in [0.2, 0.25) is 0 Å². The fourth-order valence-corrected chi connectivity index (χ4v) is 1.56. The zero-order valence-corrected chi connectivity index (χ0v) is 7.61. The molecule has 66 valence electrons. The summed E-state index contributed by atoms with van der Waals surface area (Å²) in [6.45, 7) is 5.77. The smallest absolute Gasteiger partial charge is 0.0430 e. The molecule has 0 amide bonds. The molecule has 2 rings (SSSR count). The lowest BCUT2D eigenvalue weighted by atomic mass is 10.2. The van der Waals surface area contributed by atoms with Gasteiger partial charge in [-0.25, -0.2) is 0 Å². The molecule has 0 saturated carbocycles. The largest absolute Gasteiger partial charge is 0.363 e. The van der Waals surface area contributed by atoms with Gasteiger partial charge in [-0.1, -0.05) is 36.9 Å². The molecule has 0 atom stereocenters. The quantitative estimate of drug-likeness (QED) is 0.661. The van der Waals surface area contributed by atoms with Crippen LogP contribution in [0.1, 0.15) is 0 Å². The van der Waals surface area contributed by atoms with Crippen molar-refractivity contribution in [3.63, 3.8) is 0 Å². The molecule has 1 aliphatic rings. The lowest BCUT2D eigenvalue weighted by molar-refractivity contribution is 0.996. The lowest BCUT2D eigenvalue weighted by Crippen LogP contribution is -2.19. The van der Waals surface area contributed by atoms with E-state index in [9.17, 15) is 0 Å². The van der Waals surface area contributed by atoms with Crippen LogP contribution in [0.4, 0.5) is 5.69 Å². The third-order valence-electron chi connectivity index (χ3n) is 2.33. The van der Waals surface area contributed by atoms with E-state index in [2.05, 4.69) is 41.8 Å². The van der Waals surface area contributed by atoms with Crippen LogP contribution in [0.2, 0.25) is 0 Å². The van der Waals surface area contributed by atoms with Crippen molar-refractivity contribution in [3.05, 3.63) is 54.6 Å². The summed E-state index contributed by atoms with van der Waals surface area (Å²) in [4.78, 5) is 2.33. The average molecular weight is 171 g/mol. The van der Waals surface area contributed by atoms with E-state index < -0.39 is 0 Å². The second-order valence-electron chi connectivity index (χ2n) is 3.20. The summed E-state index contributed by atoms with van der Waals surface area (Å²) in [6, 6.07) is 10.5. The molecule has 1 heteroatoms. The molecule has 13 heavy (non-hydrogen) atoms. The first-order valence-corrected chi connectivity index (χ1v) is 4.51. The van der Waals surface area contributed by atoms with Gasteiger partial charge in [-0.3, -0.25) is 0 Å². The molecule has 1 aliphatic heterocycles. The highest BCUT2D eigenvalue weighted by molar-refractivity contribution is 5.51. The second kappa shape index (κ2) is 3.48. The van der Waals surface area contributed by atoms with Crippen molar-refractivity contribution in [2.75, 3.05) is 18.0 Å². The molecule has 1 aromatic rings. The van der Waals surface area contributed by atoms with E-state index in [-0.39, 0.29) is 0 Å². The van der Waals surface area contributed by atoms with Crippen LogP contribution in [0.15, 0.2) is 54.6 Å². The minimum atomic E-state index is 0.994. The van der Waals surface area contributed by atoms with Crippen LogP contribution in [-0.4, -0.2) is 13.1 Å². The fourth-order valence-electron chi connectivity index (χ4n) is 1.56. The molecular weight excluding hydrogens is 158 g/mol. The Morgan fingerprint density at radius 3 is 2.62 bits per heavy atom. The molecule has 0 aliphatic carbocycles.